The van der Waals surface area contributed by atoms with Crippen LogP contribution in [0.15, 0.2) is 23.6 Å². The van der Waals surface area contributed by atoms with E-state index in [-0.39, 0.29) is 0 Å². The molecule has 2 nitrogen and oxygen atoms in total. The van der Waals surface area contributed by atoms with E-state index >= 15 is 0 Å². The van der Waals surface area contributed by atoms with Gasteiger partial charge < -0.3 is 4.74 Å². The first-order valence-corrected chi connectivity index (χ1v) is 4.47. The highest BCUT2D eigenvalue weighted by Crippen LogP contribution is 2.30. The molecule has 0 amide bonds. The predicted molar refractivity (Wildman–Crippen MR) is 49.8 cm³/mol. The van der Waals surface area contributed by atoms with Crippen molar-refractivity contribution in [2.75, 3.05) is 0 Å². The van der Waals surface area contributed by atoms with Crippen molar-refractivity contribution in [3.05, 3.63) is 28.6 Å². The van der Waals surface area contributed by atoms with Crippen LogP contribution in [0.2, 0.25) is 5.02 Å². The van der Waals surface area contributed by atoms with Gasteiger partial charge in [0.1, 0.15) is 0 Å². The molecule has 0 saturated heterocycles. The monoisotopic (exact) mass is 202 g/mol. The van der Waals surface area contributed by atoms with Crippen LogP contribution in [0.5, 0.6) is 5.06 Å². The van der Waals surface area contributed by atoms with Gasteiger partial charge >= 0.3 is 5.97 Å². The van der Waals surface area contributed by atoms with Crippen LogP contribution in [0.4, 0.5) is 0 Å². The van der Waals surface area contributed by atoms with Crippen molar-refractivity contribution in [2.45, 2.75) is 6.92 Å². The third-order valence-corrected chi connectivity index (χ3v) is 2.32. The summed E-state index contributed by atoms with van der Waals surface area (Å²) in [4.78, 5) is 11.0. The van der Waals surface area contributed by atoms with Crippen molar-refractivity contribution in [1.29, 1.82) is 0 Å². The lowest BCUT2D eigenvalue weighted by molar-refractivity contribution is -0.129. The molecule has 1 aromatic heterocycles. The van der Waals surface area contributed by atoms with Crippen LogP contribution in [-0.4, -0.2) is 5.97 Å². The predicted octanol–water partition coefficient (Wildman–Crippen LogP) is 2.88. The van der Waals surface area contributed by atoms with E-state index in [1.165, 1.54) is 11.3 Å². The highest BCUT2D eigenvalue weighted by molar-refractivity contribution is 7.12. The molecule has 0 N–H and O–H groups in total. The topological polar surface area (TPSA) is 26.3 Å². The van der Waals surface area contributed by atoms with Crippen molar-refractivity contribution in [3.8, 4) is 5.06 Å². The molecule has 0 saturated carbocycles. The second kappa shape index (κ2) is 3.74. The van der Waals surface area contributed by atoms with Crippen molar-refractivity contribution >= 4 is 28.9 Å². The maximum Gasteiger partial charge on any atom is 0.339 e. The van der Waals surface area contributed by atoms with Crippen molar-refractivity contribution in [2.24, 2.45) is 0 Å². The molecule has 0 atom stereocenters. The summed E-state index contributed by atoms with van der Waals surface area (Å²) in [5.74, 6) is -0.445. The molecule has 64 valence electrons. The summed E-state index contributed by atoms with van der Waals surface area (Å²) in [7, 11) is 0. The van der Waals surface area contributed by atoms with Crippen LogP contribution in [-0.2, 0) is 4.79 Å². The van der Waals surface area contributed by atoms with E-state index < -0.39 is 5.97 Å². The lowest BCUT2D eigenvalue weighted by atomic mass is 10.4. The first kappa shape index (κ1) is 9.29. The van der Waals surface area contributed by atoms with E-state index in [9.17, 15) is 4.79 Å². The van der Waals surface area contributed by atoms with Crippen molar-refractivity contribution in [1.82, 2.24) is 0 Å². The number of esters is 1. The Morgan fingerprint density at radius 3 is 2.83 bits per heavy atom. The first-order chi connectivity index (χ1) is 5.61. The third kappa shape index (κ3) is 2.09. The van der Waals surface area contributed by atoms with Crippen LogP contribution in [0.25, 0.3) is 0 Å². The minimum Gasteiger partial charge on any atom is -0.410 e. The maximum absolute atomic E-state index is 11.0. The molecule has 0 aliphatic rings. The molecular formula is C8H7ClO2S. The lowest BCUT2D eigenvalue weighted by Crippen LogP contribution is -2.07. The summed E-state index contributed by atoms with van der Waals surface area (Å²) in [6, 6.07) is 1.67. The number of rotatable bonds is 2. The Balaban J connectivity index is 2.71. The Hall–Kier alpha value is -0.800. The quantitative estimate of drug-likeness (QED) is 0.545. The minimum absolute atomic E-state index is 0.361. The average molecular weight is 203 g/mol. The minimum atomic E-state index is -0.445. The molecule has 0 spiro atoms. The molecule has 0 aromatic carbocycles. The molecule has 0 aliphatic heterocycles. The van der Waals surface area contributed by atoms with Crippen LogP contribution in [0.1, 0.15) is 6.92 Å². The molecule has 12 heavy (non-hydrogen) atoms. The number of hydrogen-bond donors (Lipinski definition) is 0. The molecule has 1 rings (SSSR count). The van der Waals surface area contributed by atoms with Crippen LogP contribution >= 0.6 is 22.9 Å². The molecule has 1 aromatic rings. The summed E-state index contributed by atoms with van der Waals surface area (Å²) in [5, 5.41) is 2.63. The highest BCUT2D eigenvalue weighted by atomic mass is 35.5. The standard InChI is InChI=1S/C8H7ClO2S/c1-5(2)7(10)11-8-6(9)3-4-12-8/h3-4H,1H2,2H3. The molecule has 0 fully saturated rings. The number of hydrogen-bond acceptors (Lipinski definition) is 3. The Labute approximate surface area is 79.4 Å². The normalized spacial score (nSPS) is 9.50. The zero-order valence-electron chi connectivity index (χ0n) is 6.46. The average Bonchev–Trinajstić information content (AvgIpc) is 2.36. The molecular weight excluding hydrogens is 196 g/mol. The highest BCUT2D eigenvalue weighted by Gasteiger charge is 2.09. The van der Waals surface area contributed by atoms with Gasteiger partial charge in [-0.2, -0.15) is 0 Å². The Bertz CT molecular complexity index is 317. The fourth-order valence-corrected chi connectivity index (χ4v) is 1.47. The second-order valence-corrected chi connectivity index (χ2v) is 3.51. The summed E-state index contributed by atoms with van der Waals surface area (Å²) in [6.45, 7) is 5.04. The fraction of sp³-hybridized carbons (Fsp3) is 0.125. The number of carbonyl (C=O) groups excluding carboxylic acids is 1. The smallest absolute Gasteiger partial charge is 0.339 e. The van der Waals surface area contributed by atoms with Gasteiger partial charge in [0.15, 0.2) is 0 Å². The van der Waals surface area contributed by atoms with Crippen molar-refractivity contribution < 1.29 is 9.53 Å². The number of ether oxygens (including phenoxy) is 1. The van der Waals surface area contributed by atoms with E-state index in [1.807, 2.05) is 0 Å². The summed E-state index contributed by atoms with van der Waals surface area (Å²) in [6.07, 6.45) is 0. The number of carbonyl (C=O) groups is 1. The Morgan fingerprint density at radius 2 is 2.42 bits per heavy atom. The molecule has 0 radical (unpaired) electrons. The third-order valence-electron chi connectivity index (χ3n) is 1.12. The van der Waals surface area contributed by atoms with E-state index in [2.05, 4.69) is 6.58 Å². The van der Waals surface area contributed by atoms with Gasteiger partial charge in [0.05, 0.1) is 5.02 Å². The summed E-state index contributed by atoms with van der Waals surface area (Å²) < 4.78 is 4.89. The largest absolute Gasteiger partial charge is 0.410 e. The zero-order chi connectivity index (χ0) is 9.14. The van der Waals surface area contributed by atoms with Gasteiger partial charge in [-0.25, -0.2) is 4.79 Å². The van der Waals surface area contributed by atoms with Gasteiger partial charge in [0, 0.05) is 5.57 Å². The van der Waals surface area contributed by atoms with Gasteiger partial charge in [-0.15, -0.1) is 11.3 Å². The SMILES string of the molecule is C=C(C)C(=O)Oc1sccc1Cl. The van der Waals surface area contributed by atoms with Crippen LogP contribution < -0.4 is 4.74 Å². The first-order valence-electron chi connectivity index (χ1n) is 3.22. The van der Waals surface area contributed by atoms with E-state index in [0.717, 1.165) is 0 Å². The van der Waals surface area contributed by atoms with Gasteiger partial charge in [0.25, 0.3) is 0 Å². The zero-order valence-corrected chi connectivity index (χ0v) is 8.04. The molecule has 1 heterocycles. The van der Waals surface area contributed by atoms with E-state index in [0.29, 0.717) is 15.7 Å². The van der Waals surface area contributed by atoms with E-state index in [1.54, 1.807) is 18.4 Å². The lowest BCUT2D eigenvalue weighted by Gasteiger charge is -1.99. The van der Waals surface area contributed by atoms with Crippen LogP contribution in [0, 0.1) is 0 Å². The maximum atomic E-state index is 11.0. The van der Waals surface area contributed by atoms with Gasteiger partial charge in [0.2, 0.25) is 5.06 Å². The Kier molecular flexibility index (Phi) is 2.89. The van der Waals surface area contributed by atoms with Gasteiger partial charge in [-0.05, 0) is 18.4 Å². The number of thiophene rings is 1. The number of halogens is 1. The fourth-order valence-electron chi connectivity index (χ4n) is 0.524. The summed E-state index contributed by atoms with van der Waals surface area (Å²) in [5.41, 5.74) is 0.361. The Morgan fingerprint density at radius 1 is 1.75 bits per heavy atom. The van der Waals surface area contributed by atoms with Crippen LogP contribution in [0.3, 0.4) is 0 Å². The van der Waals surface area contributed by atoms with Gasteiger partial charge in [-0.1, -0.05) is 18.2 Å². The second-order valence-electron chi connectivity index (χ2n) is 2.23. The van der Waals surface area contributed by atoms with Crippen molar-refractivity contribution in [3.63, 3.8) is 0 Å². The molecule has 0 unspecified atom stereocenters. The molecule has 0 aliphatic carbocycles. The molecule has 4 heteroatoms. The van der Waals surface area contributed by atoms with E-state index in [4.69, 9.17) is 16.3 Å². The molecule has 0 bridgehead atoms. The summed E-state index contributed by atoms with van der Waals surface area (Å²) >= 11 is 6.97. The van der Waals surface area contributed by atoms with Gasteiger partial charge in [-0.3, -0.25) is 0 Å².